The normalized spacial score (nSPS) is 28.1. The van der Waals surface area contributed by atoms with Crippen LogP contribution in [0.15, 0.2) is 24.4 Å². The average Bonchev–Trinajstić information content (AvgIpc) is 1.87. The van der Waals surface area contributed by atoms with Crippen LogP contribution in [0, 0.1) is 0 Å². The highest BCUT2D eigenvalue weighted by Gasteiger charge is 2.00. The summed E-state index contributed by atoms with van der Waals surface area (Å²) in [4.78, 5) is 0. The minimum Gasteiger partial charge on any atom is -0.380 e. The molecule has 1 aliphatic rings. The van der Waals surface area contributed by atoms with Gasteiger partial charge in [-0.1, -0.05) is 12.7 Å². The van der Waals surface area contributed by atoms with Gasteiger partial charge in [0.25, 0.3) is 0 Å². The van der Waals surface area contributed by atoms with Crippen LogP contribution in [0.1, 0.15) is 6.92 Å². The van der Waals surface area contributed by atoms with Gasteiger partial charge in [-0.2, -0.15) is 0 Å². The van der Waals surface area contributed by atoms with E-state index >= 15 is 0 Å². The van der Waals surface area contributed by atoms with Crippen molar-refractivity contribution in [1.82, 2.24) is 5.32 Å². The van der Waals surface area contributed by atoms with Crippen molar-refractivity contribution < 1.29 is 0 Å². The third-order valence-corrected chi connectivity index (χ3v) is 0.999. The first-order valence-corrected chi connectivity index (χ1v) is 2.42. The van der Waals surface area contributed by atoms with E-state index in [-0.39, 0.29) is 0 Å². The number of hydrogen-bond acceptors (Lipinski definition) is 1. The van der Waals surface area contributed by atoms with Gasteiger partial charge in [-0.05, 0) is 13.0 Å². The lowest BCUT2D eigenvalue weighted by Crippen LogP contribution is -2.15. The first-order chi connectivity index (χ1) is 3.29. The van der Waals surface area contributed by atoms with Crippen LogP contribution in [-0.4, -0.2) is 6.04 Å². The molecule has 1 heteroatoms. The fourth-order valence-corrected chi connectivity index (χ4v) is 0.649. The molecule has 1 heterocycles. The van der Waals surface area contributed by atoms with Gasteiger partial charge in [0, 0.05) is 11.7 Å². The highest BCUT2D eigenvalue weighted by atomic mass is 14.9. The molecule has 38 valence electrons. The van der Waals surface area contributed by atoms with Crippen LogP contribution >= 0.6 is 0 Å². The largest absolute Gasteiger partial charge is 0.380 e. The third kappa shape index (κ3) is 0.829. The van der Waals surface area contributed by atoms with E-state index in [2.05, 4.69) is 24.9 Å². The summed E-state index contributed by atoms with van der Waals surface area (Å²) in [5.41, 5.74) is 1.02. The number of nitrogens with one attached hydrogen (secondary N) is 1. The van der Waals surface area contributed by atoms with Crippen molar-refractivity contribution in [2.24, 2.45) is 0 Å². The minimum atomic E-state index is 0.493. The maximum absolute atomic E-state index is 3.71. The lowest BCUT2D eigenvalue weighted by molar-refractivity contribution is 0.780. The Morgan fingerprint density at radius 1 is 1.86 bits per heavy atom. The van der Waals surface area contributed by atoms with Gasteiger partial charge in [-0.25, -0.2) is 0 Å². The van der Waals surface area contributed by atoms with E-state index in [1.165, 1.54) is 0 Å². The maximum Gasteiger partial charge on any atom is 0.0419 e. The van der Waals surface area contributed by atoms with Crippen molar-refractivity contribution in [1.29, 1.82) is 0 Å². The SMILES string of the molecule is C=C1C=CC(C)N1. The summed E-state index contributed by atoms with van der Waals surface area (Å²) in [5, 5.41) is 3.11. The first-order valence-electron chi connectivity index (χ1n) is 2.42. The van der Waals surface area contributed by atoms with Crippen LogP contribution in [0.5, 0.6) is 0 Å². The molecule has 0 fully saturated rings. The van der Waals surface area contributed by atoms with Crippen LogP contribution in [0.4, 0.5) is 0 Å². The molecule has 0 aromatic heterocycles. The molecular formula is C6H9N. The van der Waals surface area contributed by atoms with E-state index in [0.29, 0.717) is 6.04 Å². The van der Waals surface area contributed by atoms with Gasteiger partial charge in [-0.15, -0.1) is 0 Å². The molecule has 0 spiro atoms. The van der Waals surface area contributed by atoms with Crippen molar-refractivity contribution in [3.63, 3.8) is 0 Å². The molecular weight excluding hydrogens is 86.1 g/mol. The molecule has 0 bridgehead atoms. The topological polar surface area (TPSA) is 12.0 Å². The molecule has 1 rings (SSSR count). The summed E-state index contributed by atoms with van der Waals surface area (Å²) >= 11 is 0. The van der Waals surface area contributed by atoms with E-state index in [0.717, 1.165) is 5.70 Å². The Balaban J connectivity index is 2.58. The van der Waals surface area contributed by atoms with Crippen molar-refractivity contribution in [3.05, 3.63) is 24.4 Å². The van der Waals surface area contributed by atoms with Crippen molar-refractivity contribution in [3.8, 4) is 0 Å². The fourth-order valence-electron chi connectivity index (χ4n) is 0.649. The summed E-state index contributed by atoms with van der Waals surface area (Å²) in [6.45, 7) is 5.80. The van der Waals surface area contributed by atoms with Crippen LogP contribution in [-0.2, 0) is 0 Å². The monoisotopic (exact) mass is 95.1 g/mol. The molecule has 1 aliphatic heterocycles. The van der Waals surface area contributed by atoms with E-state index in [1.54, 1.807) is 0 Å². The molecule has 1 atom stereocenters. The molecule has 1 unspecified atom stereocenters. The third-order valence-electron chi connectivity index (χ3n) is 0.999. The van der Waals surface area contributed by atoms with Gasteiger partial charge in [0.05, 0.1) is 0 Å². The summed E-state index contributed by atoms with van der Waals surface area (Å²) in [6.07, 6.45) is 4.08. The minimum absolute atomic E-state index is 0.493. The summed E-state index contributed by atoms with van der Waals surface area (Å²) in [7, 11) is 0. The van der Waals surface area contributed by atoms with Crippen LogP contribution in [0.2, 0.25) is 0 Å². The fraction of sp³-hybridized carbons (Fsp3) is 0.333. The predicted octanol–water partition coefficient (Wildman–Crippen LogP) is 1.05. The van der Waals surface area contributed by atoms with Gasteiger partial charge < -0.3 is 5.32 Å². The van der Waals surface area contributed by atoms with E-state index in [9.17, 15) is 0 Å². The maximum atomic E-state index is 3.71. The van der Waals surface area contributed by atoms with E-state index < -0.39 is 0 Å². The van der Waals surface area contributed by atoms with Crippen molar-refractivity contribution in [2.45, 2.75) is 13.0 Å². The zero-order valence-electron chi connectivity index (χ0n) is 4.44. The van der Waals surface area contributed by atoms with Gasteiger partial charge in [0.2, 0.25) is 0 Å². The second-order valence-corrected chi connectivity index (χ2v) is 1.82. The number of rotatable bonds is 0. The molecule has 1 nitrogen and oxygen atoms in total. The van der Waals surface area contributed by atoms with Gasteiger partial charge in [0.1, 0.15) is 0 Å². The molecule has 0 aromatic rings. The molecule has 0 saturated carbocycles. The van der Waals surface area contributed by atoms with E-state index in [4.69, 9.17) is 0 Å². The van der Waals surface area contributed by atoms with Gasteiger partial charge in [-0.3, -0.25) is 0 Å². The Kier molecular flexibility index (Phi) is 0.895. The Morgan fingerprint density at radius 2 is 2.57 bits per heavy atom. The lowest BCUT2D eigenvalue weighted by atomic mass is 10.4. The standard InChI is InChI=1S/C6H9N/c1-5-3-4-6(2)7-5/h3-4,6-7H,1H2,2H3. The summed E-state index contributed by atoms with van der Waals surface area (Å²) in [5.74, 6) is 0. The Morgan fingerprint density at radius 3 is 2.71 bits per heavy atom. The molecule has 0 amide bonds. The summed E-state index contributed by atoms with van der Waals surface area (Å²) < 4.78 is 0. The van der Waals surface area contributed by atoms with Crippen LogP contribution in [0.25, 0.3) is 0 Å². The number of hydrogen-bond donors (Lipinski definition) is 1. The second-order valence-electron chi connectivity index (χ2n) is 1.82. The van der Waals surface area contributed by atoms with Gasteiger partial charge >= 0.3 is 0 Å². The molecule has 0 aliphatic carbocycles. The van der Waals surface area contributed by atoms with Crippen LogP contribution in [0.3, 0.4) is 0 Å². The average molecular weight is 95.1 g/mol. The number of allylic oxidation sites excluding steroid dienone is 1. The molecule has 7 heavy (non-hydrogen) atoms. The van der Waals surface area contributed by atoms with Crippen molar-refractivity contribution >= 4 is 0 Å². The van der Waals surface area contributed by atoms with E-state index in [1.807, 2.05) is 6.08 Å². The molecule has 1 N–H and O–H groups in total. The highest BCUT2D eigenvalue weighted by molar-refractivity contribution is 5.22. The second kappa shape index (κ2) is 1.41. The highest BCUT2D eigenvalue weighted by Crippen LogP contribution is 2.00. The Labute approximate surface area is 43.7 Å². The zero-order valence-corrected chi connectivity index (χ0v) is 4.44. The Hall–Kier alpha value is -0.720. The Bertz CT molecular complexity index is 113. The van der Waals surface area contributed by atoms with Crippen molar-refractivity contribution in [2.75, 3.05) is 0 Å². The lowest BCUT2D eigenvalue weighted by Gasteiger charge is -1.99. The first kappa shape index (κ1) is 4.44. The summed E-state index contributed by atoms with van der Waals surface area (Å²) in [6, 6.07) is 0.493. The molecule has 0 aromatic carbocycles. The molecule has 0 saturated heterocycles. The van der Waals surface area contributed by atoms with Gasteiger partial charge in [0.15, 0.2) is 0 Å². The smallest absolute Gasteiger partial charge is 0.0419 e. The quantitative estimate of drug-likeness (QED) is 0.474. The van der Waals surface area contributed by atoms with Crippen LogP contribution < -0.4 is 5.32 Å². The molecule has 0 radical (unpaired) electrons. The predicted molar refractivity (Wildman–Crippen MR) is 30.9 cm³/mol. The zero-order chi connectivity index (χ0) is 5.28.